The number of hydrazone groups is 1. The molecule has 0 unspecified atom stereocenters. The molecule has 0 radical (unpaired) electrons. The molecule has 1 aliphatic rings. The number of hydrogen-bond donors (Lipinski definition) is 1. The van der Waals surface area contributed by atoms with E-state index in [9.17, 15) is 14.7 Å². The van der Waals surface area contributed by atoms with Gasteiger partial charge in [0.1, 0.15) is 5.75 Å². The van der Waals surface area contributed by atoms with Gasteiger partial charge in [-0.1, -0.05) is 17.9 Å². The number of para-hydroxylation sites is 1. The molecule has 2 aromatic carbocycles. The lowest BCUT2D eigenvalue weighted by Gasteiger charge is -2.16. The molecule has 26 heavy (non-hydrogen) atoms. The van der Waals surface area contributed by atoms with Crippen molar-refractivity contribution < 1.29 is 24.5 Å². The van der Waals surface area contributed by atoms with Crippen LogP contribution in [0.4, 0.5) is 5.69 Å². The van der Waals surface area contributed by atoms with E-state index in [1.807, 2.05) is 0 Å². The lowest BCUT2D eigenvalue weighted by Crippen LogP contribution is -2.21. The van der Waals surface area contributed by atoms with E-state index in [1.165, 1.54) is 42.5 Å². The molecule has 7 nitrogen and oxygen atoms in total. The molecule has 0 saturated heterocycles. The summed E-state index contributed by atoms with van der Waals surface area (Å²) in [5.74, 6) is -1.56. The van der Waals surface area contributed by atoms with E-state index in [-0.39, 0.29) is 22.6 Å². The second-order valence-corrected chi connectivity index (χ2v) is 5.59. The van der Waals surface area contributed by atoms with Crippen LogP contribution in [0.15, 0.2) is 53.1 Å². The van der Waals surface area contributed by atoms with Gasteiger partial charge in [0.05, 0.1) is 29.6 Å². The van der Waals surface area contributed by atoms with Gasteiger partial charge in [-0.25, -0.2) is 4.79 Å². The Labute approximate surface area is 149 Å². The van der Waals surface area contributed by atoms with Gasteiger partial charge in [0, 0.05) is 0 Å². The van der Waals surface area contributed by atoms with E-state index in [1.54, 1.807) is 25.1 Å². The van der Waals surface area contributed by atoms with Crippen molar-refractivity contribution in [2.45, 2.75) is 6.92 Å². The van der Waals surface area contributed by atoms with E-state index in [0.29, 0.717) is 17.0 Å². The highest BCUT2D eigenvalue weighted by molar-refractivity contribution is 6.32. The second-order valence-electron chi connectivity index (χ2n) is 5.59. The molecule has 0 fully saturated rings. The topological polar surface area (TPSA) is 102 Å². The third-order valence-corrected chi connectivity index (χ3v) is 3.95. The van der Waals surface area contributed by atoms with E-state index in [4.69, 9.17) is 9.84 Å². The molecule has 1 N–H and O–H groups in total. The van der Waals surface area contributed by atoms with Crippen LogP contribution in [0.5, 0.6) is 11.5 Å². The summed E-state index contributed by atoms with van der Waals surface area (Å²) in [6.45, 7) is 1.67. The third-order valence-electron chi connectivity index (χ3n) is 3.95. The Balaban J connectivity index is 1.94. The molecule has 0 bridgehead atoms. The molecule has 0 aromatic heterocycles. The molecule has 132 valence electrons. The van der Waals surface area contributed by atoms with Gasteiger partial charge in [-0.15, -0.1) is 0 Å². The van der Waals surface area contributed by atoms with Gasteiger partial charge in [0.25, 0.3) is 5.91 Å². The number of carbonyl (C=O) groups is 2. The first-order valence-electron chi connectivity index (χ1n) is 7.71. The Kier molecular flexibility index (Phi) is 4.45. The minimum atomic E-state index is -1.05. The number of ether oxygens (including phenoxy) is 1. The van der Waals surface area contributed by atoms with E-state index >= 15 is 0 Å². The molecule has 1 aliphatic heterocycles. The molecular formula is C19H15N2O5-. The van der Waals surface area contributed by atoms with Crippen molar-refractivity contribution in [3.8, 4) is 11.5 Å². The summed E-state index contributed by atoms with van der Waals surface area (Å²) in [5.41, 5.74) is 1.63. The van der Waals surface area contributed by atoms with Gasteiger partial charge in [0.15, 0.2) is 0 Å². The summed E-state index contributed by atoms with van der Waals surface area (Å²) in [6, 6.07) is 10.6. The monoisotopic (exact) mass is 351 g/mol. The first kappa shape index (κ1) is 17.2. The number of amides is 1. The molecule has 1 heterocycles. The lowest BCUT2D eigenvalue weighted by atomic mass is 10.1. The smallest absolute Gasteiger partial charge is 0.335 e. The van der Waals surface area contributed by atoms with Crippen LogP contribution in [-0.4, -0.2) is 29.8 Å². The Morgan fingerprint density at radius 2 is 1.92 bits per heavy atom. The van der Waals surface area contributed by atoms with Gasteiger partial charge in [0.2, 0.25) is 0 Å². The highest BCUT2D eigenvalue weighted by Crippen LogP contribution is 2.31. The maximum Gasteiger partial charge on any atom is 0.335 e. The summed E-state index contributed by atoms with van der Waals surface area (Å²) < 4.78 is 5.01. The Morgan fingerprint density at radius 3 is 2.54 bits per heavy atom. The minimum Gasteiger partial charge on any atom is -0.870 e. The number of methoxy groups -OCH3 is 1. The molecular weight excluding hydrogens is 336 g/mol. The lowest BCUT2D eigenvalue weighted by molar-refractivity contribution is -0.270. The van der Waals surface area contributed by atoms with Gasteiger partial charge in [-0.3, -0.25) is 4.79 Å². The standard InChI is InChI=1S/C19H16N2O5/c1-11-15(10-13-4-3-5-16(26-2)17(13)22)18(23)21(20-11)14-8-6-12(7-9-14)19(24)25/h3-10,22H,1-2H3,(H,24,25)/p-1/b15-10+. The first-order valence-corrected chi connectivity index (χ1v) is 7.71. The fourth-order valence-electron chi connectivity index (χ4n) is 2.57. The van der Waals surface area contributed by atoms with Crippen LogP contribution < -0.4 is 14.9 Å². The van der Waals surface area contributed by atoms with Crippen LogP contribution in [0.3, 0.4) is 0 Å². The zero-order chi connectivity index (χ0) is 18.8. The zero-order valence-electron chi connectivity index (χ0n) is 14.1. The summed E-state index contributed by atoms with van der Waals surface area (Å²) in [7, 11) is 1.41. The van der Waals surface area contributed by atoms with Gasteiger partial charge >= 0.3 is 5.97 Å². The normalized spacial score (nSPS) is 15.3. The molecule has 7 heteroatoms. The largest absolute Gasteiger partial charge is 0.870 e. The van der Waals surface area contributed by atoms with Crippen molar-refractivity contribution in [3.63, 3.8) is 0 Å². The van der Waals surface area contributed by atoms with Crippen LogP contribution in [-0.2, 0) is 4.79 Å². The number of aromatic carboxylic acids is 1. The van der Waals surface area contributed by atoms with Crippen molar-refractivity contribution in [1.29, 1.82) is 0 Å². The van der Waals surface area contributed by atoms with E-state index in [2.05, 4.69) is 5.10 Å². The Morgan fingerprint density at radius 1 is 1.23 bits per heavy atom. The molecule has 0 atom stereocenters. The van der Waals surface area contributed by atoms with Crippen LogP contribution >= 0.6 is 0 Å². The summed E-state index contributed by atoms with van der Waals surface area (Å²) in [4.78, 5) is 23.6. The van der Waals surface area contributed by atoms with Crippen molar-refractivity contribution in [2.75, 3.05) is 12.1 Å². The molecule has 0 saturated carbocycles. The fourth-order valence-corrected chi connectivity index (χ4v) is 2.57. The van der Waals surface area contributed by atoms with Gasteiger partial charge in [-0.05, 0) is 48.9 Å². The summed E-state index contributed by atoms with van der Waals surface area (Å²) in [5, 5.41) is 26.6. The van der Waals surface area contributed by atoms with Crippen molar-refractivity contribution in [3.05, 3.63) is 59.2 Å². The predicted molar refractivity (Wildman–Crippen MR) is 94.4 cm³/mol. The van der Waals surface area contributed by atoms with Crippen molar-refractivity contribution in [2.24, 2.45) is 5.10 Å². The SMILES string of the molecule is COc1cccc(/C=C2/C(=O)N(c3ccc(C(=O)O)cc3)N=C2C)c1[O-]. The number of carboxylic acids is 1. The van der Waals surface area contributed by atoms with Crippen LogP contribution in [0.1, 0.15) is 22.8 Å². The van der Waals surface area contributed by atoms with Gasteiger partial charge < -0.3 is 14.9 Å². The number of anilines is 1. The predicted octanol–water partition coefficient (Wildman–Crippen LogP) is 2.27. The average molecular weight is 351 g/mol. The number of hydrogen-bond acceptors (Lipinski definition) is 5. The first-order chi connectivity index (χ1) is 12.4. The zero-order valence-corrected chi connectivity index (χ0v) is 14.1. The van der Waals surface area contributed by atoms with E-state index in [0.717, 1.165) is 0 Å². The van der Waals surface area contributed by atoms with E-state index < -0.39 is 11.9 Å². The Bertz CT molecular complexity index is 945. The summed E-state index contributed by atoms with van der Waals surface area (Å²) >= 11 is 0. The van der Waals surface area contributed by atoms with Crippen molar-refractivity contribution >= 4 is 29.4 Å². The molecule has 0 spiro atoms. The number of rotatable bonds is 4. The van der Waals surface area contributed by atoms with Crippen molar-refractivity contribution in [1.82, 2.24) is 0 Å². The molecule has 1 amide bonds. The Hall–Kier alpha value is -3.61. The fraction of sp³-hybridized carbons (Fsp3) is 0.105. The summed E-state index contributed by atoms with van der Waals surface area (Å²) in [6.07, 6.45) is 1.48. The highest BCUT2D eigenvalue weighted by Gasteiger charge is 2.28. The minimum absolute atomic E-state index is 0.115. The number of nitrogens with zero attached hydrogens (tertiary/aromatic N) is 2. The number of carboxylic acid groups (broad SMARTS) is 1. The highest BCUT2D eigenvalue weighted by atomic mass is 16.5. The quantitative estimate of drug-likeness (QED) is 0.851. The molecule has 2 aromatic rings. The van der Waals surface area contributed by atoms with Crippen LogP contribution in [0.25, 0.3) is 6.08 Å². The number of benzene rings is 2. The van der Waals surface area contributed by atoms with Gasteiger partial charge in [-0.2, -0.15) is 10.1 Å². The maximum absolute atomic E-state index is 12.7. The molecule has 3 rings (SSSR count). The average Bonchev–Trinajstić information content (AvgIpc) is 2.91. The van der Waals surface area contributed by atoms with Crippen LogP contribution in [0, 0.1) is 0 Å². The third kappa shape index (κ3) is 3.02. The maximum atomic E-state index is 12.7. The molecule has 0 aliphatic carbocycles. The second kappa shape index (κ2) is 6.72. The van der Waals surface area contributed by atoms with Crippen LogP contribution in [0.2, 0.25) is 0 Å². The number of carbonyl (C=O) groups excluding carboxylic acids is 1.